The van der Waals surface area contributed by atoms with Crippen molar-refractivity contribution in [3.05, 3.63) is 51.6 Å². The summed E-state index contributed by atoms with van der Waals surface area (Å²) in [6, 6.07) is 4.78. The van der Waals surface area contributed by atoms with Crippen LogP contribution in [0.5, 0.6) is 0 Å². The number of hydrogen-bond acceptors (Lipinski definition) is 4. The quantitative estimate of drug-likeness (QED) is 0.510. The molecular weight excluding hydrogens is 232 g/mol. The molecule has 2 N–H and O–H groups in total. The number of anilines is 1. The molecule has 2 rings (SSSR count). The number of nitrogens with zero attached hydrogens (tertiary/aromatic N) is 3. The largest absolute Gasteiger partial charge is 0.393 e. The Morgan fingerprint density at radius 3 is 2.67 bits per heavy atom. The summed E-state index contributed by atoms with van der Waals surface area (Å²) < 4.78 is 1.98. The van der Waals surface area contributed by atoms with Crippen LogP contribution in [0.2, 0.25) is 0 Å². The molecule has 0 aliphatic rings. The van der Waals surface area contributed by atoms with Crippen LogP contribution in [0, 0.1) is 24.0 Å². The van der Waals surface area contributed by atoms with E-state index in [0.717, 1.165) is 17.0 Å². The molecular formula is C12H14N4O2. The van der Waals surface area contributed by atoms with E-state index >= 15 is 0 Å². The van der Waals surface area contributed by atoms with Crippen molar-refractivity contribution in [1.29, 1.82) is 0 Å². The average molecular weight is 246 g/mol. The van der Waals surface area contributed by atoms with Crippen LogP contribution < -0.4 is 5.73 Å². The lowest BCUT2D eigenvalue weighted by atomic mass is 10.1. The maximum Gasteiger partial charge on any atom is 0.292 e. The smallest absolute Gasteiger partial charge is 0.292 e. The van der Waals surface area contributed by atoms with E-state index in [0.29, 0.717) is 6.54 Å². The van der Waals surface area contributed by atoms with Gasteiger partial charge in [0.1, 0.15) is 5.69 Å². The minimum Gasteiger partial charge on any atom is -0.393 e. The van der Waals surface area contributed by atoms with Crippen LogP contribution in [0.4, 0.5) is 11.4 Å². The molecule has 0 fully saturated rings. The zero-order valence-corrected chi connectivity index (χ0v) is 10.3. The average Bonchev–Trinajstić information content (AvgIpc) is 2.61. The molecule has 1 aromatic heterocycles. The van der Waals surface area contributed by atoms with Crippen molar-refractivity contribution in [2.45, 2.75) is 20.4 Å². The molecule has 0 saturated heterocycles. The molecule has 0 aliphatic carbocycles. The highest BCUT2D eigenvalue weighted by Crippen LogP contribution is 2.22. The van der Waals surface area contributed by atoms with Crippen LogP contribution in [-0.4, -0.2) is 14.5 Å². The maximum absolute atomic E-state index is 10.7. The molecule has 0 bridgehead atoms. The lowest BCUT2D eigenvalue weighted by Gasteiger charge is -2.06. The summed E-state index contributed by atoms with van der Waals surface area (Å²) >= 11 is 0. The maximum atomic E-state index is 10.7. The van der Waals surface area contributed by atoms with Crippen LogP contribution >= 0.6 is 0 Å². The molecule has 0 unspecified atom stereocenters. The summed E-state index contributed by atoms with van der Waals surface area (Å²) in [4.78, 5) is 14.4. The highest BCUT2D eigenvalue weighted by Gasteiger charge is 2.11. The molecule has 0 radical (unpaired) electrons. The first-order valence-electron chi connectivity index (χ1n) is 5.50. The van der Waals surface area contributed by atoms with Crippen LogP contribution in [0.3, 0.4) is 0 Å². The first-order valence-corrected chi connectivity index (χ1v) is 5.50. The van der Waals surface area contributed by atoms with E-state index in [-0.39, 0.29) is 11.4 Å². The molecule has 94 valence electrons. The van der Waals surface area contributed by atoms with Gasteiger partial charge in [-0.05, 0) is 25.5 Å². The van der Waals surface area contributed by atoms with Gasteiger partial charge < -0.3 is 10.3 Å². The van der Waals surface area contributed by atoms with Gasteiger partial charge in [0.05, 0.1) is 16.9 Å². The third kappa shape index (κ3) is 2.17. The van der Waals surface area contributed by atoms with E-state index in [9.17, 15) is 10.1 Å². The van der Waals surface area contributed by atoms with Gasteiger partial charge in [-0.25, -0.2) is 4.98 Å². The van der Waals surface area contributed by atoms with Gasteiger partial charge >= 0.3 is 0 Å². The molecule has 1 heterocycles. The molecule has 6 heteroatoms. The van der Waals surface area contributed by atoms with E-state index in [1.807, 2.05) is 18.4 Å². The number of rotatable bonds is 3. The number of aryl methyl sites for hydroxylation is 1. The van der Waals surface area contributed by atoms with Crippen molar-refractivity contribution in [2.75, 3.05) is 5.73 Å². The number of aromatic nitrogens is 2. The zero-order valence-electron chi connectivity index (χ0n) is 10.3. The summed E-state index contributed by atoms with van der Waals surface area (Å²) in [6.45, 7) is 4.53. The fraction of sp³-hybridized carbons (Fsp3) is 0.250. The van der Waals surface area contributed by atoms with Crippen LogP contribution in [0.25, 0.3) is 0 Å². The fourth-order valence-corrected chi connectivity index (χ4v) is 1.77. The Balaban J connectivity index is 2.28. The van der Waals surface area contributed by atoms with E-state index in [2.05, 4.69) is 4.98 Å². The highest BCUT2D eigenvalue weighted by atomic mass is 16.6. The van der Waals surface area contributed by atoms with Gasteiger partial charge in [0.2, 0.25) is 0 Å². The summed E-state index contributed by atoms with van der Waals surface area (Å²) in [6.07, 6.45) is 1.75. The van der Waals surface area contributed by atoms with E-state index in [4.69, 9.17) is 5.73 Å². The van der Waals surface area contributed by atoms with Gasteiger partial charge in [-0.15, -0.1) is 0 Å². The van der Waals surface area contributed by atoms with Gasteiger partial charge in [0.15, 0.2) is 0 Å². The second-order valence-electron chi connectivity index (χ2n) is 4.19. The first kappa shape index (κ1) is 12.1. The number of nitro groups is 1. The third-order valence-corrected chi connectivity index (χ3v) is 2.99. The molecule has 0 saturated carbocycles. The lowest BCUT2D eigenvalue weighted by molar-refractivity contribution is -0.383. The summed E-state index contributed by atoms with van der Waals surface area (Å²) in [5.74, 6) is 0. The summed E-state index contributed by atoms with van der Waals surface area (Å²) in [7, 11) is 0. The van der Waals surface area contributed by atoms with Gasteiger partial charge in [-0.3, -0.25) is 10.1 Å². The number of nitrogens with two attached hydrogens (primary N) is 1. The van der Waals surface area contributed by atoms with E-state index in [1.54, 1.807) is 18.5 Å². The van der Waals surface area contributed by atoms with Crippen molar-refractivity contribution in [3.8, 4) is 0 Å². The first-order chi connectivity index (χ1) is 8.49. The number of benzene rings is 1. The van der Waals surface area contributed by atoms with E-state index < -0.39 is 4.92 Å². The summed E-state index contributed by atoms with van der Waals surface area (Å²) in [5.41, 5.74) is 8.75. The van der Waals surface area contributed by atoms with Crippen LogP contribution in [0.1, 0.15) is 17.0 Å². The molecule has 18 heavy (non-hydrogen) atoms. The zero-order chi connectivity index (χ0) is 13.3. The Morgan fingerprint density at radius 2 is 2.17 bits per heavy atom. The molecule has 0 spiro atoms. The predicted octanol–water partition coefficient (Wildman–Crippen LogP) is 2.04. The van der Waals surface area contributed by atoms with Crippen molar-refractivity contribution in [2.24, 2.45) is 0 Å². The second kappa shape index (κ2) is 4.48. The molecule has 6 nitrogen and oxygen atoms in total. The topological polar surface area (TPSA) is 87.0 Å². The van der Waals surface area contributed by atoms with Crippen molar-refractivity contribution in [1.82, 2.24) is 9.55 Å². The lowest BCUT2D eigenvalue weighted by Crippen LogP contribution is -2.02. The van der Waals surface area contributed by atoms with E-state index in [1.165, 1.54) is 6.07 Å². The molecule has 1 aromatic carbocycles. The molecule has 0 amide bonds. The Bertz CT molecular complexity index is 604. The van der Waals surface area contributed by atoms with Gasteiger partial charge in [-0.1, -0.05) is 6.07 Å². The third-order valence-electron chi connectivity index (χ3n) is 2.99. The predicted molar refractivity (Wildman–Crippen MR) is 68.3 cm³/mol. The monoisotopic (exact) mass is 246 g/mol. The molecule has 0 aliphatic heterocycles. The molecule has 2 aromatic rings. The fourth-order valence-electron chi connectivity index (χ4n) is 1.77. The second-order valence-corrected chi connectivity index (χ2v) is 4.19. The van der Waals surface area contributed by atoms with Crippen LogP contribution in [0.15, 0.2) is 24.5 Å². The highest BCUT2D eigenvalue weighted by molar-refractivity contribution is 5.59. The van der Waals surface area contributed by atoms with Crippen molar-refractivity contribution >= 4 is 11.4 Å². The van der Waals surface area contributed by atoms with Gasteiger partial charge in [-0.2, -0.15) is 0 Å². The number of nitro benzene ring substituents is 1. The number of imidazole rings is 1. The minimum atomic E-state index is -0.480. The van der Waals surface area contributed by atoms with Gasteiger partial charge in [0.25, 0.3) is 5.69 Å². The summed E-state index contributed by atoms with van der Waals surface area (Å²) in [5, 5.41) is 10.7. The van der Waals surface area contributed by atoms with Gasteiger partial charge in [0, 0.05) is 18.3 Å². The Morgan fingerprint density at radius 1 is 1.44 bits per heavy atom. The number of nitrogen functional groups attached to an aromatic ring is 1. The SMILES string of the molecule is Cc1ncn(Cc2ccc([N+](=O)[O-])c(N)c2)c1C. The Hall–Kier alpha value is -2.37. The standard InChI is InChI=1S/C12H14N4O2/c1-8-9(2)15(7-14-8)6-10-3-4-12(16(17)18)11(13)5-10/h3-5,7H,6,13H2,1-2H3. The number of hydrogen-bond donors (Lipinski definition) is 1. The Labute approximate surface area is 104 Å². The normalized spacial score (nSPS) is 10.6. The molecule has 0 atom stereocenters. The van der Waals surface area contributed by atoms with Crippen LogP contribution in [-0.2, 0) is 6.54 Å². The van der Waals surface area contributed by atoms with Crippen molar-refractivity contribution < 1.29 is 4.92 Å². The van der Waals surface area contributed by atoms with Crippen molar-refractivity contribution in [3.63, 3.8) is 0 Å². The Kier molecular flexibility index (Phi) is 3.01. The minimum absolute atomic E-state index is 0.0581.